The molecule has 3 aliphatic rings. The minimum Gasteiger partial charge on any atom is -0.379 e. The van der Waals surface area contributed by atoms with E-state index in [1.807, 2.05) is 29.2 Å². The number of amides is 2. The van der Waals surface area contributed by atoms with Crippen LogP contribution in [-0.4, -0.2) is 113 Å². The van der Waals surface area contributed by atoms with Gasteiger partial charge in [-0.25, -0.2) is 28.3 Å². The fraction of sp³-hybridized carbons (Fsp3) is 0.364. The standard InChI is InChI=1S/C33H34Cl2N8O5S/c1-33(17-23-2-4-24(5-3-23)25-18-36-22-37-19-25)31(45)42(28-15-26(34)14-27(35)16-28)32-38-20-30(43(32)33)49(46,47)41-8-6-40(7-9-41)29(44)21-39-10-12-48-13-11-39/h2-5,14-16,18-20,22H,6-13,17,21H2,1H3/t33-/m1/s1. The number of anilines is 2. The van der Waals surface area contributed by atoms with Crippen LogP contribution in [0.4, 0.5) is 11.6 Å². The number of imidazole rings is 1. The number of ether oxygens (including phenoxy) is 1. The highest BCUT2D eigenvalue weighted by Crippen LogP contribution is 2.45. The number of carbonyl (C=O) groups excluding carboxylic acids is 2. The zero-order valence-electron chi connectivity index (χ0n) is 26.7. The second-order valence-electron chi connectivity index (χ2n) is 12.4. The van der Waals surface area contributed by atoms with Crippen LogP contribution in [0.3, 0.4) is 0 Å². The van der Waals surface area contributed by atoms with E-state index in [0.29, 0.717) is 42.0 Å². The summed E-state index contributed by atoms with van der Waals surface area (Å²) in [4.78, 5) is 45.3. The first kappa shape index (κ1) is 33.6. The largest absolute Gasteiger partial charge is 0.379 e. The Morgan fingerprint density at radius 1 is 0.898 bits per heavy atom. The number of hydrogen-bond donors (Lipinski definition) is 0. The van der Waals surface area contributed by atoms with Gasteiger partial charge in [0.25, 0.3) is 15.9 Å². The summed E-state index contributed by atoms with van der Waals surface area (Å²) in [6.45, 7) is 5.28. The van der Waals surface area contributed by atoms with Crippen molar-refractivity contribution < 1.29 is 22.7 Å². The number of sulfonamides is 1. The van der Waals surface area contributed by atoms with Crippen LogP contribution in [-0.2, 0) is 36.3 Å². The molecule has 2 aromatic carbocycles. The summed E-state index contributed by atoms with van der Waals surface area (Å²) in [5, 5.41) is 0.521. The van der Waals surface area contributed by atoms with Crippen LogP contribution < -0.4 is 4.90 Å². The molecule has 2 amide bonds. The van der Waals surface area contributed by atoms with Gasteiger partial charge in [-0.1, -0.05) is 47.5 Å². The number of carbonyl (C=O) groups is 2. The van der Waals surface area contributed by atoms with Crippen molar-refractivity contribution >= 4 is 56.7 Å². The second kappa shape index (κ2) is 13.4. The quantitative estimate of drug-likeness (QED) is 0.268. The minimum atomic E-state index is -4.15. The number of fused-ring (bicyclic) bond motifs is 1. The summed E-state index contributed by atoms with van der Waals surface area (Å²) >= 11 is 12.7. The van der Waals surface area contributed by atoms with E-state index in [-0.39, 0.29) is 61.9 Å². The Labute approximate surface area is 294 Å². The fourth-order valence-electron chi connectivity index (χ4n) is 6.64. The predicted molar refractivity (Wildman–Crippen MR) is 183 cm³/mol. The van der Waals surface area contributed by atoms with Gasteiger partial charge < -0.3 is 9.64 Å². The van der Waals surface area contributed by atoms with Gasteiger partial charge in [0.1, 0.15) is 11.9 Å². The minimum absolute atomic E-state index is 0.0380. The topological polar surface area (TPSA) is 134 Å². The van der Waals surface area contributed by atoms with Gasteiger partial charge in [0.15, 0.2) is 5.03 Å². The van der Waals surface area contributed by atoms with Crippen molar-refractivity contribution in [1.82, 2.24) is 33.6 Å². The molecule has 0 N–H and O–H groups in total. The maximum Gasteiger partial charge on any atom is 0.260 e. The van der Waals surface area contributed by atoms with E-state index in [1.54, 1.807) is 42.4 Å². The lowest BCUT2D eigenvalue weighted by atomic mass is 9.91. The van der Waals surface area contributed by atoms with Crippen molar-refractivity contribution in [3.63, 3.8) is 0 Å². The molecule has 2 saturated heterocycles. The average molecular weight is 726 g/mol. The fourth-order valence-corrected chi connectivity index (χ4v) is 8.76. The first-order valence-electron chi connectivity index (χ1n) is 15.9. The van der Waals surface area contributed by atoms with Crippen molar-refractivity contribution in [3.05, 3.63) is 83.0 Å². The molecule has 5 heterocycles. The van der Waals surface area contributed by atoms with Gasteiger partial charge in [-0.2, -0.15) is 4.31 Å². The van der Waals surface area contributed by atoms with Gasteiger partial charge in [0.05, 0.1) is 31.6 Å². The lowest BCUT2D eigenvalue weighted by Gasteiger charge is -2.36. The molecule has 0 radical (unpaired) electrons. The number of piperazine rings is 1. The lowest BCUT2D eigenvalue weighted by molar-refractivity contribution is -0.134. The van der Waals surface area contributed by atoms with Crippen LogP contribution in [0, 0.1) is 0 Å². The van der Waals surface area contributed by atoms with E-state index in [9.17, 15) is 18.0 Å². The number of halogens is 2. The molecule has 0 bridgehead atoms. The SMILES string of the molecule is C[C@@]1(Cc2ccc(-c3cncnc3)cc2)C(=O)N(c2cc(Cl)cc(Cl)c2)c2ncc(S(=O)(=O)N3CCN(C(=O)CN4CCOCC4)CC3)n21. The molecule has 256 valence electrons. The van der Waals surface area contributed by atoms with Gasteiger partial charge in [0, 0.05) is 73.7 Å². The number of benzene rings is 2. The van der Waals surface area contributed by atoms with Crippen molar-refractivity contribution in [2.75, 3.05) is 63.9 Å². The van der Waals surface area contributed by atoms with Gasteiger partial charge in [0.2, 0.25) is 11.9 Å². The van der Waals surface area contributed by atoms with Crippen LogP contribution >= 0.6 is 23.2 Å². The molecular formula is C33H34Cl2N8O5S. The van der Waals surface area contributed by atoms with Gasteiger partial charge >= 0.3 is 0 Å². The number of hydrogen-bond acceptors (Lipinski definition) is 9. The maximum absolute atomic E-state index is 14.5. The molecule has 13 nitrogen and oxygen atoms in total. The van der Waals surface area contributed by atoms with E-state index in [2.05, 4.69) is 15.0 Å². The summed E-state index contributed by atoms with van der Waals surface area (Å²) in [5.41, 5.74) is 1.52. The highest BCUT2D eigenvalue weighted by Gasteiger charge is 2.52. The molecule has 49 heavy (non-hydrogen) atoms. The van der Waals surface area contributed by atoms with E-state index in [4.69, 9.17) is 27.9 Å². The summed E-state index contributed by atoms with van der Waals surface area (Å²) in [6.07, 6.45) is 6.35. The molecule has 2 aromatic heterocycles. The van der Waals surface area contributed by atoms with E-state index in [0.717, 1.165) is 16.7 Å². The maximum atomic E-state index is 14.5. The third-order valence-corrected chi connectivity index (χ3v) is 11.5. The summed E-state index contributed by atoms with van der Waals surface area (Å²) in [5.74, 6) is -0.282. The summed E-state index contributed by atoms with van der Waals surface area (Å²) in [6, 6.07) is 12.4. The van der Waals surface area contributed by atoms with E-state index >= 15 is 0 Å². The monoisotopic (exact) mass is 724 g/mol. The predicted octanol–water partition coefficient (Wildman–Crippen LogP) is 3.45. The number of rotatable bonds is 8. The highest BCUT2D eigenvalue weighted by atomic mass is 35.5. The number of nitrogens with zero attached hydrogens (tertiary/aromatic N) is 8. The van der Waals surface area contributed by atoms with Crippen molar-refractivity contribution in [2.45, 2.75) is 23.9 Å². The van der Waals surface area contributed by atoms with E-state index < -0.39 is 15.6 Å². The van der Waals surface area contributed by atoms with Crippen molar-refractivity contribution in [2.24, 2.45) is 0 Å². The Kier molecular flexibility index (Phi) is 9.19. The Hall–Kier alpha value is -3.92. The molecule has 0 unspecified atom stereocenters. The molecule has 7 rings (SSSR count). The molecule has 16 heteroatoms. The first-order valence-corrected chi connectivity index (χ1v) is 18.1. The van der Waals surface area contributed by atoms with Gasteiger partial charge in [-0.3, -0.25) is 19.1 Å². The van der Waals surface area contributed by atoms with Crippen LogP contribution in [0.25, 0.3) is 11.1 Å². The Morgan fingerprint density at radius 3 is 2.20 bits per heavy atom. The van der Waals surface area contributed by atoms with Crippen LogP contribution in [0.5, 0.6) is 0 Å². The molecule has 0 spiro atoms. The smallest absolute Gasteiger partial charge is 0.260 e. The lowest BCUT2D eigenvalue weighted by Crippen LogP contribution is -2.53. The zero-order valence-corrected chi connectivity index (χ0v) is 29.0. The molecule has 1 atom stereocenters. The normalized spacial score (nSPS) is 20.5. The first-order chi connectivity index (χ1) is 23.5. The van der Waals surface area contributed by atoms with E-state index in [1.165, 1.54) is 26.3 Å². The van der Waals surface area contributed by atoms with Gasteiger partial charge in [-0.15, -0.1) is 0 Å². The average Bonchev–Trinajstić information content (AvgIpc) is 3.63. The Bertz CT molecular complexity index is 1960. The molecule has 3 aliphatic heterocycles. The summed E-state index contributed by atoms with van der Waals surface area (Å²) in [7, 11) is -4.15. The second-order valence-corrected chi connectivity index (χ2v) is 15.2. The van der Waals surface area contributed by atoms with Crippen molar-refractivity contribution in [1.29, 1.82) is 0 Å². The molecule has 0 saturated carbocycles. The third-order valence-electron chi connectivity index (χ3n) is 9.23. The highest BCUT2D eigenvalue weighted by molar-refractivity contribution is 7.89. The third kappa shape index (κ3) is 6.44. The molecule has 0 aliphatic carbocycles. The van der Waals surface area contributed by atoms with Crippen LogP contribution in [0.2, 0.25) is 10.0 Å². The molecular weight excluding hydrogens is 691 g/mol. The summed E-state index contributed by atoms with van der Waals surface area (Å²) < 4.78 is 37.0. The zero-order chi connectivity index (χ0) is 34.3. The number of aromatic nitrogens is 4. The van der Waals surface area contributed by atoms with Gasteiger partial charge in [-0.05, 0) is 36.2 Å². The Morgan fingerprint density at radius 2 is 1.55 bits per heavy atom. The molecule has 2 fully saturated rings. The molecule has 4 aromatic rings. The Balaban J connectivity index is 1.19. The number of morpholine rings is 1. The van der Waals surface area contributed by atoms with Crippen LogP contribution in [0.1, 0.15) is 12.5 Å². The van der Waals surface area contributed by atoms with Crippen LogP contribution in [0.15, 0.2) is 72.4 Å². The van der Waals surface area contributed by atoms with Crippen molar-refractivity contribution in [3.8, 4) is 11.1 Å².